The standard InChI is InChI=1S/C19H18ClN5OS/c1-12-7-8-14(11-16(12)20)21-18(26)17(13-5-3-2-4-6-13)27-19-22-23-24-25(19)15-9-10-15/h2-8,11,15,17H,9-10H2,1H3,(H,21,26)/t17-/m0/s1. The first-order valence-corrected chi connectivity index (χ1v) is 9.94. The average molecular weight is 400 g/mol. The number of aryl methyl sites for hydroxylation is 1. The van der Waals surface area contributed by atoms with Crippen molar-refractivity contribution in [3.63, 3.8) is 0 Å². The van der Waals surface area contributed by atoms with E-state index < -0.39 is 5.25 Å². The summed E-state index contributed by atoms with van der Waals surface area (Å²) in [5, 5.41) is 15.7. The van der Waals surface area contributed by atoms with Gasteiger partial charge < -0.3 is 5.32 Å². The molecule has 1 aliphatic rings. The fourth-order valence-corrected chi connectivity index (χ4v) is 3.92. The van der Waals surface area contributed by atoms with Gasteiger partial charge in [0.05, 0.1) is 6.04 Å². The molecular formula is C19H18ClN5OS. The maximum Gasteiger partial charge on any atom is 0.242 e. The molecule has 1 heterocycles. The number of rotatable bonds is 6. The van der Waals surface area contributed by atoms with Gasteiger partial charge in [0.25, 0.3) is 0 Å². The largest absolute Gasteiger partial charge is 0.325 e. The van der Waals surface area contributed by atoms with E-state index in [1.54, 1.807) is 6.07 Å². The summed E-state index contributed by atoms with van der Waals surface area (Å²) in [4.78, 5) is 13.1. The number of anilines is 1. The minimum atomic E-state index is -0.477. The van der Waals surface area contributed by atoms with Crippen LogP contribution in [0, 0.1) is 6.92 Å². The summed E-state index contributed by atoms with van der Waals surface area (Å²) in [5.74, 6) is -0.142. The highest BCUT2D eigenvalue weighted by atomic mass is 35.5. The Labute approximate surface area is 166 Å². The van der Waals surface area contributed by atoms with Crippen LogP contribution < -0.4 is 5.32 Å². The zero-order valence-corrected chi connectivity index (χ0v) is 16.2. The van der Waals surface area contributed by atoms with Crippen LogP contribution in [0.25, 0.3) is 0 Å². The predicted molar refractivity (Wildman–Crippen MR) is 106 cm³/mol. The Morgan fingerprint density at radius 1 is 1.26 bits per heavy atom. The van der Waals surface area contributed by atoms with E-state index in [0.717, 1.165) is 24.0 Å². The Balaban J connectivity index is 1.60. The molecule has 0 spiro atoms. The second-order valence-electron chi connectivity index (χ2n) is 6.50. The highest BCUT2D eigenvalue weighted by molar-refractivity contribution is 8.00. The topological polar surface area (TPSA) is 72.7 Å². The molecule has 1 amide bonds. The number of nitrogens with zero attached hydrogens (tertiary/aromatic N) is 4. The average Bonchev–Trinajstić information content (AvgIpc) is 3.41. The Hall–Kier alpha value is -2.38. The number of aromatic nitrogens is 4. The lowest BCUT2D eigenvalue weighted by Crippen LogP contribution is -2.19. The summed E-state index contributed by atoms with van der Waals surface area (Å²) in [6.07, 6.45) is 2.14. The normalized spacial score (nSPS) is 14.7. The highest BCUT2D eigenvalue weighted by Crippen LogP contribution is 2.40. The first kappa shape index (κ1) is 18.0. The molecule has 1 N–H and O–H groups in total. The van der Waals surface area contributed by atoms with Crippen LogP contribution in [0.15, 0.2) is 53.7 Å². The molecule has 2 aromatic carbocycles. The third-order valence-electron chi connectivity index (χ3n) is 4.36. The molecular weight excluding hydrogens is 382 g/mol. The first-order valence-electron chi connectivity index (χ1n) is 8.68. The van der Waals surface area contributed by atoms with Crippen molar-refractivity contribution in [2.75, 3.05) is 5.32 Å². The highest BCUT2D eigenvalue weighted by Gasteiger charge is 2.31. The summed E-state index contributed by atoms with van der Waals surface area (Å²) in [5.41, 5.74) is 2.52. The van der Waals surface area contributed by atoms with Gasteiger partial charge in [-0.15, -0.1) is 5.10 Å². The number of carbonyl (C=O) groups is 1. The second-order valence-corrected chi connectivity index (χ2v) is 7.98. The molecule has 0 unspecified atom stereocenters. The van der Waals surface area contributed by atoms with E-state index in [2.05, 4.69) is 20.8 Å². The van der Waals surface area contributed by atoms with Crippen molar-refractivity contribution in [1.82, 2.24) is 20.2 Å². The summed E-state index contributed by atoms with van der Waals surface area (Å²) in [6, 6.07) is 15.5. The molecule has 6 nitrogen and oxygen atoms in total. The molecule has 0 radical (unpaired) electrons. The third kappa shape index (κ3) is 4.14. The number of thioether (sulfide) groups is 1. The van der Waals surface area contributed by atoms with Gasteiger partial charge in [-0.25, -0.2) is 4.68 Å². The van der Waals surface area contributed by atoms with Gasteiger partial charge in [-0.1, -0.05) is 59.8 Å². The Bertz CT molecular complexity index is 958. The lowest BCUT2D eigenvalue weighted by Gasteiger charge is -2.17. The van der Waals surface area contributed by atoms with E-state index >= 15 is 0 Å². The lowest BCUT2D eigenvalue weighted by molar-refractivity contribution is -0.115. The molecule has 0 bridgehead atoms. The molecule has 0 saturated heterocycles. The van der Waals surface area contributed by atoms with Crippen LogP contribution in [-0.4, -0.2) is 26.1 Å². The van der Waals surface area contributed by atoms with Gasteiger partial charge in [-0.2, -0.15) is 0 Å². The molecule has 1 atom stereocenters. The maximum atomic E-state index is 13.1. The van der Waals surface area contributed by atoms with Gasteiger partial charge in [-0.05, 0) is 53.5 Å². The van der Waals surface area contributed by atoms with Crippen LogP contribution in [0.4, 0.5) is 5.69 Å². The Morgan fingerprint density at radius 3 is 2.74 bits per heavy atom. The van der Waals surface area contributed by atoms with Crippen LogP contribution in [0.5, 0.6) is 0 Å². The molecule has 8 heteroatoms. The number of benzene rings is 2. The van der Waals surface area contributed by atoms with Crippen molar-refractivity contribution in [2.24, 2.45) is 0 Å². The number of amides is 1. The zero-order valence-electron chi connectivity index (χ0n) is 14.7. The summed E-state index contributed by atoms with van der Waals surface area (Å²) < 4.78 is 1.82. The molecule has 27 heavy (non-hydrogen) atoms. The summed E-state index contributed by atoms with van der Waals surface area (Å²) >= 11 is 7.55. The number of nitrogens with one attached hydrogen (secondary N) is 1. The van der Waals surface area contributed by atoms with Gasteiger partial charge in [0.1, 0.15) is 5.25 Å². The molecule has 1 aromatic heterocycles. The quantitative estimate of drug-likeness (QED) is 0.620. The van der Waals surface area contributed by atoms with E-state index in [9.17, 15) is 4.79 Å². The summed E-state index contributed by atoms with van der Waals surface area (Å²) in [7, 11) is 0. The SMILES string of the molecule is Cc1ccc(NC(=O)[C@@H](Sc2nnnn2C2CC2)c2ccccc2)cc1Cl. The van der Waals surface area contributed by atoms with Gasteiger partial charge in [0, 0.05) is 10.7 Å². The molecule has 1 fully saturated rings. The summed E-state index contributed by atoms with van der Waals surface area (Å²) in [6.45, 7) is 1.92. The lowest BCUT2D eigenvalue weighted by atomic mass is 10.1. The number of carbonyl (C=O) groups excluding carboxylic acids is 1. The maximum absolute atomic E-state index is 13.1. The number of hydrogen-bond donors (Lipinski definition) is 1. The van der Waals surface area contributed by atoms with Crippen molar-refractivity contribution in [3.8, 4) is 0 Å². The van der Waals surface area contributed by atoms with Crippen molar-refractivity contribution < 1.29 is 4.79 Å². The van der Waals surface area contributed by atoms with Crippen LogP contribution in [-0.2, 0) is 4.79 Å². The van der Waals surface area contributed by atoms with Crippen molar-refractivity contribution in [1.29, 1.82) is 0 Å². The van der Waals surface area contributed by atoms with E-state index in [4.69, 9.17) is 11.6 Å². The first-order chi connectivity index (χ1) is 13.1. The number of tetrazole rings is 1. The number of hydrogen-bond acceptors (Lipinski definition) is 5. The molecule has 1 aliphatic carbocycles. The van der Waals surface area contributed by atoms with Crippen LogP contribution in [0.2, 0.25) is 5.02 Å². The zero-order chi connectivity index (χ0) is 18.8. The minimum Gasteiger partial charge on any atom is -0.325 e. The molecule has 1 saturated carbocycles. The van der Waals surface area contributed by atoms with E-state index in [0.29, 0.717) is 21.9 Å². The monoisotopic (exact) mass is 399 g/mol. The van der Waals surface area contributed by atoms with Gasteiger partial charge >= 0.3 is 0 Å². The van der Waals surface area contributed by atoms with Crippen molar-refractivity contribution in [2.45, 2.75) is 36.2 Å². The minimum absolute atomic E-state index is 0.142. The van der Waals surface area contributed by atoms with Crippen LogP contribution >= 0.6 is 23.4 Å². The van der Waals surface area contributed by atoms with E-state index in [-0.39, 0.29) is 5.91 Å². The van der Waals surface area contributed by atoms with Crippen molar-refractivity contribution in [3.05, 3.63) is 64.7 Å². The van der Waals surface area contributed by atoms with Gasteiger partial charge in [0.2, 0.25) is 11.1 Å². The van der Waals surface area contributed by atoms with Gasteiger partial charge in [0.15, 0.2) is 0 Å². The van der Waals surface area contributed by atoms with Crippen molar-refractivity contribution >= 4 is 35.0 Å². The fourth-order valence-electron chi connectivity index (χ4n) is 2.70. The predicted octanol–water partition coefficient (Wildman–Crippen LogP) is 4.44. The smallest absolute Gasteiger partial charge is 0.242 e. The molecule has 3 aromatic rings. The Kier molecular flexibility index (Phi) is 5.13. The third-order valence-corrected chi connectivity index (χ3v) is 5.97. The fraction of sp³-hybridized carbons (Fsp3) is 0.263. The molecule has 138 valence electrons. The number of halogens is 1. The Morgan fingerprint density at radius 2 is 2.04 bits per heavy atom. The molecule has 0 aliphatic heterocycles. The molecule has 4 rings (SSSR count). The second kappa shape index (κ2) is 7.70. The van der Waals surface area contributed by atoms with E-state index in [1.807, 2.05) is 54.1 Å². The van der Waals surface area contributed by atoms with Crippen LogP contribution in [0.1, 0.15) is 35.3 Å². The van der Waals surface area contributed by atoms with Crippen LogP contribution in [0.3, 0.4) is 0 Å². The van der Waals surface area contributed by atoms with Gasteiger partial charge in [-0.3, -0.25) is 4.79 Å². The van der Waals surface area contributed by atoms with E-state index in [1.165, 1.54) is 11.8 Å².